The summed E-state index contributed by atoms with van der Waals surface area (Å²) in [7, 11) is 0. The third-order valence-corrected chi connectivity index (χ3v) is 4.08. The average Bonchev–Trinajstić information content (AvgIpc) is 3.19. The van der Waals surface area contributed by atoms with Crippen LogP contribution >= 0.6 is 0 Å². The van der Waals surface area contributed by atoms with Crippen LogP contribution in [-0.2, 0) is 9.47 Å². The standard InChI is InChI=1S/C15H29NO3/c1-12(2)18-8-9-19-14-4-3-7-15(10-14,11-17)16-13-5-6-13/h12-14,16-17H,3-11H2,1-2H3. The Morgan fingerprint density at radius 1 is 1.26 bits per heavy atom. The van der Waals surface area contributed by atoms with Gasteiger partial charge >= 0.3 is 0 Å². The monoisotopic (exact) mass is 271 g/mol. The molecular formula is C15H29NO3. The molecule has 0 heterocycles. The first-order valence-corrected chi connectivity index (χ1v) is 7.75. The third-order valence-electron chi connectivity index (χ3n) is 4.08. The lowest BCUT2D eigenvalue weighted by molar-refractivity contribution is -0.0464. The SMILES string of the molecule is CC(C)OCCOC1CCCC(CO)(NC2CC2)C1. The molecule has 2 atom stereocenters. The van der Waals surface area contributed by atoms with Crippen molar-refractivity contribution >= 4 is 0 Å². The van der Waals surface area contributed by atoms with Crippen molar-refractivity contribution < 1.29 is 14.6 Å². The Balaban J connectivity index is 1.72. The van der Waals surface area contributed by atoms with E-state index in [2.05, 4.69) is 5.32 Å². The Hall–Kier alpha value is -0.160. The fraction of sp³-hybridized carbons (Fsp3) is 1.00. The van der Waals surface area contributed by atoms with Gasteiger partial charge in [0.25, 0.3) is 0 Å². The van der Waals surface area contributed by atoms with Gasteiger partial charge < -0.3 is 19.9 Å². The number of nitrogens with one attached hydrogen (secondary N) is 1. The second kappa shape index (κ2) is 7.02. The molecule has 112 valence electrons. The van der Waals surface area contributed by atoms with E-state index in [0.717, 1.165) is 25.7 Å². The van der Waals surface area contributed by atoms with Crippen LogP contribution in [0, 0.1) is 0 Å². The second-order valence-electron chi connectivity index (χ2n) is 6.37. The molecule has 0 aromatic heterocycles. The topological polar surface area (TPSA) is 50.7 Å². The first kappa shape index (κ1) is 15.2. The van der Waals surface area contributed by atoms with E-state index in [0.29, 0.717) is 19.3 Å². The molecule has 0 bridgehead atoms. The van der Waals surface area contributed by atoms with Gasteiger partial charge in [-0.05, 0) is 52.4 Å². The zero-order chi connectivity index (χ0) is 13.7. The van der Waals surface area contributed by atoms with E-state index >= 15 is 0 Å². The molecule has 2 fully saturated rings. The van der Waals surface area contributed by atoms with Gasteiger partial charge in [0.05, 0.1) is 32.0 Å². The number of rotatable bonds is 8. The Labute approximate surface area is 116 Å². The Morgan fingerprint density at radius 3 is 2.68 bits per heavy atom. The molecule has 0 saturated heterocycles. The summed E-state index contributed by atoms with van der Waals surface area (Å²) >= 11 is 0. The van der Waals surface area contributed by atoms with Gasteiger partial charge in [-0.3, -0.25) is 0 Å². The largest absolute Gasteiger partial charge is 0.394 e. The molecule has 2 aliphatic rings. The molecule has 4 heteroatoms. The van der Waals surface area contributed by atoms with Crippen LogP contribution in [0.25, 0.3) is 0 Å². The summed E-state index contributed by atoms with van der Waals surface area (Å²) in [5, 5.41) is 13.4. The highest BCUT2D eigenvalue weighted by atomic mass is 16.5. The molecule has 0 radical (unpaired) electrons. The van der Waals surface area contributed by atoms with E-state index in [-0.39, 0.29) is 24.4 Å². The average molecular weight is 271 g/mol. The van der Waals surface area contributed by atoms with Crippen LogP contribution in [0.1, 0.15) is 52.4 Å². The number of hydrogen-bond donors (Lipinski definition) is 2. The van der Waals surface area contributed by atoms with Crippen LogP contribution in [0.3, 0.4) is 0 Å². The molecule has 2 unspecified atom stereocenters. The highest BCUT2D eigenvalue weighted by molar-refractivity contribution is 4.99. The molecule has 4 nitrogen and oxygen atoms in total. The first-order chi connectivity index (χ1) is 9.13. The number of hydrogen-bond acceptors (Lipinski definition) is 4. The predicted molar refractivity (Wildman–Crippen MR) is 75.3 cm³/mol. The summed E-state index contributed by atoms with van der Waals surface area (Å²) in [6.07, 6.45) is 7.30. The number of aliphatic hydroxyl groups excluding tert-OH is 1. The van der Waals surface area contributed by atoms with Gasteiger partial charge in [0.1, 0.15) is 0 Å². The Kier molecular flexibility index (Phi) is 5.63. The lowest BCUT2D eigenvalue weighted by atomic mass is 9.80. The summed E-state index contributed by atoms with van der Waals surface area (Å²) in [6, 6.07) is 0.634. The molecule has 0 aromatic carbocycles. The Morgan fingerprint density at radius 2 is 2.05 bits per heavy atom. The highest BCUT2D eigenvalue weighted by Gasteiger charge is 2.40. The van der Waals surface area contributed by atoms with Gasteiger partial charge in [-0.15, -0.1) is 0 Å². The first-order valence-electron chi connectivity index (χ1n) is 7.75. The van der Waals surface area contributed by atoms with Crippen LogP contribution < -0.4 is 5.32 Å². The van der Waals surface area contributed by atoms with Gasteiger partial charge in [-0.1, -0.05) is 0 Å². The van der Waals surface area contributed by atoms with Gasteiger partial charge in [0.2, 0.25) is 0 Å². The summed E-state index contributed by atoms with van der Waals surface area (Å²) in [5.41, 5.74) is -0.0943. The molecule has 0 aliphatic heterocycles. The maximum Gasteiger partial charge on any atom is 0.0704 e. The summed E-state index contributed by atoms with van der Waals surface area (Å²) < 4.78 is 11.4. The van der Waals surface area contributed by atoms with E-state index in [4.69, 9.17) is 9.47 Å². The maximum atomic E-state index is 9.74. The fourth-order valence-corrected chi connectivity index (χ4v) is 2.93. The fourth-order valence-electron chi connectivity index (χ4n) is 2.93. The zero-order valence-electron chi connectivity index (χ0n) is 12.4. The van der Waals surface area contributed by atoms with Crippen molar-refractivity contribution in [2.45, 2.75) is 76.2 Å². The van der Waals surface area contributed by atoms with Gasteiger partial charge in [-0.25, -0.2) is 0 Å². The van der Waals surface area contributed by atoms with Crippen molar-refractivity contribution in [1.82, 2.24) is 5.32 Å². The van der Waals surface area contributed by atoms with E-state index in [1.165, 1.54) is 12.8 Å². The molecule has 2 N–H and O–H groups in total. The molecule has 2 saturated carbocycles. The summed E-state index contributed by atoms with van der Waals surface area (Å²) in [4.78, 5) is 0. The van der Waals surface area contributed by atoms with Crippen molar-refractivity contribution in [2.75, 3.05) is 19.8 Å². The van der Waals surface area contributed by atoms with Crippen molar-refractivity contribution in [1.29, 1.82) is 0 Å². The third kappa shape index (κ3) is 5.03. The van der Waals surface area contributed by atoms with Crippen molar-refractivity contribution in [3.05, 3.63) is 0 Å². The van der Waals surface area contributed by atoms with Gasteiger partial charge in [0.15, 0.2) is 0 Å². The molecule has 0 spiro atoms. The second-order valence-corrected chi connectivity index (χ2v) is 6.37. The van der Waals surface area contributed by atoms with Gasteiger partial charge in [0, 0.05) is 11.6 Å². The minimum absolute atomic E-state index is 0.0943. The lowest BCUT2D eigenvalue weighted by Gasteiger charge is -2.40. The van der Waals surface area contributed by atoms with E-state index in [1.54, 1.807) is 0 Å². The smallest absolute Gasteiger partial charge is 0.0704 e. The van der Waals surface area contributed by atoms with Crippen molar-refractivity contribution in [3.63, 3.8) is 0 Å². The van der Waals surface area contributed by atoms with Crippen LogP contribution in [0.5, 0.6) is 0 Å². The summed E-state index contributed by atoms with van der Waals surface area (Å²) in [6.45, 7) is 5.63. The predicted octanol–water partition coefficient (Wildman–Crippen LogP) is 1.85. The zero-order valence-corrected chi connectivity index (χ0v) is 12.4. The van der Waals surface area contributed by atoms with Crippen LogP contribution in [0.4, 0.5) is 0 Å². The van der Waals surface area contributed by atoms with Crippen LogP contribution in [-0.4, -0.2) is 48.7 Å². The Bertz CT molecular complexity index is 268. The molecule has 2 rings (SSSR count). The molecule has 0 aromatic rings. The molecule has 19 heavy (non-hydrogen) atoms. The van der Waals surface area contributed by atoms with E-state index < -0.39 is 0 Å². The number of ether oxygens (including phenoxy) is 2. The lowest BCUT2D eigenvalue weighted by Crippen LogP contribution is -2.54. The normalized spacial score (nSPS) is 31.9. The molecule has 0 amide bonds. The summed E-state index contributed by atoms with van der Waals surface area (Å²) in [5.74, 6) is 0. The quantitative estimate of drug-likeness (QED) is 0.662. The minimum Gasteiger partial charge on any atom is -0.394 e. The van der Waals surface area contributed by atoms with E-state index in [1.807, 2.05) is 13.8 Å². The highest BCUT2D eigenvalue weighted by Crippen LogP contribution is 2.33. The number of aliphatic hydroxyl groups is 1. The van der Waals surface area contributed by atoms with Gasteiger partial charge in [-0.2, -0.15) is 0 Å². The van der Waals surface area contributed by atoms with E-state index in [9.17, 15) is 5.11 Å². The molecular weight excluding hydrogens is 242 g/mol. The van der Waals surface area contributed by atoms with Crippen LogP contribution in [0.2, 0.25) is 0 Å². The molecule has 2 aliphatic carbocycles. The maximum absolute atomic E-state index is 9.74. The van der Waals surface area contributed by atoms with Crippen molar-refractivity contribution in [2.24, 2.45) is 0 Å². The minimum atomic E-state index is -0.0943. The van der Waals surface area contributed by atoms with Crippen LogP contribution in [0.15, 0.2) is 0 Å². The van der Waals surface area contributed by atoms with Crippen molar-refractivity contribution in [3.8, 4) is 0 Å².